The van der Waals surface area contributed by atoms with E-state index in [0.29, 0.717) is 27.6 Å². The van der Waals surface area contributed by atoms with Gasteiger partial charge in [-0.3, -0.25) is 95.9 Å². The number of carboxylic acid groups (broad SMARTS) is 1. The molecule has 4 unspecified atom stereocenters. The summed E-state index contributed by atoms with van der Waals surface area (Å²) in [5.74, 6) is -10.7. The number of benzene rings is 3. The number of carboxylic acids is 1. The Morgan fingerprint density at radius 2 is 1.09 bits per heavy atom. The van der Waals surface area contributed by atoms with Crippen LogP contribution >= 0.6 is 0 Å². The fourth-order valence-electron chi connectivity index (χ4n) is 14.9. The molecule has 1 aliphatic heterocycles. The molecule has 0 saturated carbocycles. The molecule has 138 heavy (non-hydrogen) atoms. The van der Waals surface area contributed by atoms with Crippen LogP contribution in [0, 0.1) is 47.4 Å². The van der Waals surface area contributed by atoms with E-state index in [2.05, 4.69) is 108 Å². The topological polar surface area (TPSA) is 650 Å². The zero-order valence-corrected chi connectivity index (χ0v) is 80.9. The number of amides is 15. The lowest BCUT2D eigenvalue weighted by Crippen LogP contribution is -2.65. The number of H-pyrrole nitrogens is 1. The smallest absolute Gasteiger partial charge is 0.303 e. The van der Waals surface area contributed by atoms with Gasteiger partial charge in [0.2, 0.25) is 112 Å². The summed E-state index contributed by atoms with van der Waals surface area (Å²) in [5, 5.41) is 71.5. The Hall–Kier alpha value is -13.8. The molecule has 1 aromatic heterocycles. The molecule has 2 heterocycles. The van der Waals surface area contributed by atoms with Gasteiger partial charge in [0, 0.05) is 88.0 Å². The molecule has 41 heteroatoms. The summed E-state index contributed by atoms with van der Waals surface area (Å²) >= 11 is 0. The standard InChI is InChI=1S/C97H136N18O23/c1-52(2)44-66-51-102-70(38-40-76(98)119)82(125)81(124)57(8)104-89(132)75(48-65-50-101-69-33-27-26-32-68(65)69)110-90(133)73(47-64-34-36-67(118)37-35-64)109-88(131)71(39-41-77(120)121)112-95(138)97(15,115-92(135)74(46-63-30-24-23-25-31-63)111-93(136)78(61(12)116)113-91(134)72(45-53(3)4)108-62(13)117)43-29-22-20-18-16-17-19-21-28-42-96(14,114-87(66)130)94(137)107-60(11)86(129)106-59(10)85(128)105-58(9)84(127)103-56(7)80(123)79(122)55(6)100-49-54(5)83(99)126/h23-27,30-37,50,52-61,66,70-75,78,100-102,116,118H,20-22,28-29,38-49,51H2,1-15H3,(H2,98,119)(H2,99,126)(H,103,127)(H,104,132)(H,105,128)(H,106,129)(H,107,137)(H,108,117)(H,109,131)(H,110,133)(H,111,136)(H,112,138)(H,113,134)(H,114,130)(H,115,135)(H,120,121)/t54-,55-,56-,57?,58?,59-,60?,61+,66+,70-,71-,72-,73?,74-,75-,78-,96-,97+/m0/s1. The van der Waals surface area contributed by atoms with Crippen molar-refractivity contribution >= 4 is 129 Å². The summed E-state index contributed by atoms with van der Waals surface area (Å²) in [4.78, 5) is 283. The van der Waals surface area contributed by atoms with Gasteiger partial charge < -0.3 is 112 Å². The molecule has 41 nitrogen and oxygen atoms in total. The number of nitrogens with two attached hydrogens (primary N) is 2. The van der Waals surface area contributed by atoms with E-state index in [-0.39, 0.29) is 94.8 Å². The number of phenols is 1. The van der Waals surface area contributed by atoms with Crippen LogP contribution < -0.4 is 91.2 Å². The van der Waals surface area contributed by atoms with Gasteiger partial charge >= 0.3 is 5.97 Å². The molecule has 0 fully saturated rings. The van der Waals surface area contributed by atoms with Crippen molar-refractivity contribution in [3.05, 3.63) is 102 Å². The van der Waals surface area contributed by atoms with Crippen molar-refractivity contribution in [1.29, 1.82) is 0 Å². The SMILES string of the molecule is CC(=O)N[C@@H](CC(C)C)C(=O)N[C@H](C(=O)N[C@@H](Cc1ccccc1)C(=O)N[C@]1(C)CCCCC#CC#CCCC[C@@](C)(C(=O)NC(C)C(=O)N[C@@H](C)C(=O)NC(C)C(=O)N[C@@H](C)C(=O)C(=O)[C@H](C)NC[C@H](C)C(N)=O)NC(=O)[C@H](CC(C)C)CN[C@@H](CCC(N)=O)C(=O)C(=O)C(C)NC(=O)[C@H](Cc2c[nH]c3ccccc23)NC(=O)C(Cc2ccc(O)cc2)NC(=O)[C@H](CCC(=O)O)NC1=O)[C@@H](C)O. The van der Waals surface area contributed by atoms with Crippen LogP contribution in [0.5, 0.6) is 5.75 Å². The van der Waals surface area contributed by atoms with Gasteiger partial charge in [-0.2, -0.15) is 0 Å². The number of hydrogen-bond donors (Lipinski definition) is 21. The van der Waals surface area contributed by atoms with Crippen molar-refractivity contribution in [3.63, 3.8) is 0 Å². The first kappa shape index (κ1) is 115. The second-order valence-electron chi connectivity index (χ2n) is 36.5. The first-order valence-corrected chi connectivity index (χ1v) is 46.2. The Kier molecular flexibility index (Phi) is 46.1. The van der Waals surface area contributed by atoms with E-state index >= 15 is 28.8 Å². The van der Waals surface area contributed by atoms with Gasteiger partial charge in [-0.05, 0) is 179 Å². The number of nitrogens with one attached hydrogen (secondary N) is 16. The molecule has 18 atom stereocenters. The number of ketones is 4. The monoisotopic (exact) mass is 1920 g/mol. The number of carbonyl (C=O) groups excluding carboxylic acids is 19. The first-order valence-electron chi connectivity index (χ1n) is 46.2. The van der Waals surface area contributed by atoms with E-state index in [0.717, 1.165) is 0 Å². The number of aromatic amines is 1. The lowest BCUT2D eigenvalue weighted by molar-refractivity contribution is -0.140. The zero-order valence-electron chi connectivity index (χ0n) is 80.9. The number of fused-ring (bicyclic) bond motifs is 1. The average Bonchev–Trinajstić information content (AvgIpc) is 1.72. The number of aromatic nitrogens is 1. The van der Waals surface area contributed by atoms with Crippen LogP contribution in [0.1, 0.15) is 204 Å². The van der Waals surface area contributed by atoms with Gasteiger partial charge in [-0.1, -0.05) is 107 Å². The highest BCUT2D eigenvalue weighted by molar-refractivity contribution is 6.41. The van der Waals surface area contributed by atoms with Crippen LogP contribution in [0.25, 0.3) is 10.9 Å². The van der Waals surface area contributed by atoms with E-state index in [4.69, 9.17) is 11.5 Å². The number of Topliss-reactive ketones (excluding diaryl/α,β-unsaturated/α-hetero) is 4. The highest BCUT2D eigenvalue weighted by atomic mass is 16.4. The fourth-order valence-corrected chi connectivity index (χ4v) is 14.9. The summed E-state index contributed by atoms with van der Waals surface area (Å²) in [7, 11) is 0. The quantitative estimate of drug-likeness (QED) is 0.0196. The number of rotatable bonds is 39. The average molecular weight is 1920 g/mol. The van der Waals surface area contributed by atoms with Crippen LogP contribution in [0.15, 0.2) is 85.1 Å². The van der Waals surface area contributed by atoms with E-state index in [1.54, 1.807) is 88.5 Å². The normalized spacial score (nSPS) is 21.4. The number of aliphatic carboxylic acids is 1. The summed E-state index contributed by atoms with van der Waals surface area (Å²) < 4.78 is 0. The van der Waals surface area contributed by atoms with Gasteiger partial charge in [0.05, 0.1) is 36.2 Å². The predicted octanol–water partition coefficient (Wildman–Crippen LogP) is -0.592. The van der Waals surface area contributed by atoms with Crippen LogP contribution in [0.3, 0.4) is 0 Å². The number of hydrogen-bond acceptors (Lipinski definition) is 24. The van der Waals surface area contributed by atoms with Crippen molar-refractivity contribution in [2.75, 3.05) is 13.1 Å². The molecular weight excluding hydrogens is 1790 g/mol. The number of phenolic OH excluding ortho intramolecular Hbond substituents is 1. The van der Waals surface area contributed by atoms with Crippen molar-refractivity contribution in [1.82, 2.24) is 84.7 Å². The molecule has 0 bridgehead atoms. The summed E-state index contributed by atoms with van der Waals surface area (Å²) in [6, 6.07) is 0.724. The van der Waals surface area contributed by atoms with Gasteiger partial charge in [0.15, 0.2) is 0 Å². The maximum Gasteiger partial charge on any atom is 0.303 e. The van der Waals surface area contributed by atoms with Crippen molar-refractivity contribution in [3.8, 4) is 29.4 Å². The molecule has 0 saturated heterocycles. The Balaban J connectivity index is 1.61. The fraction of sp³-hybridized carbons (Fsp3) is 0.546. The largest absolute Gasteiger partial charge is 0.508 e. The molecule has 1 aliphatic rings. The van der Waals surface area contributed by atoms with Gasteiger partial charge in [0.1, 0.15) is 71.2 Å². The summed E-state index contributed by atoms with van der Waals surface area (Å²) in [6.07, 6.45) is -3.41. The molecule has 0 aliphatic carbocycles. The summed E-state index contributed by atoms with van der Waals surface area (Å²) in [5.41, 5.74) is 8.64. The van der Waals surface area contributed by atoms with Crippen LogP contribution in [-0.4, -0.2) is 247 Å². The minimum atomic E-state index is -2.14. The third-order valence-corrected chi connectivity index (χ3v) is 23.2. The second-order valence-corrected chi connectivity index (χ2v) is 36.5. The lowest BCUT2D eigenvalue weighted by Gasteiger charge is -2.34. The Bertz CT molecular complexity index is 5150. The highest BCUT2D eigenvalue weighted by Gasteiger charge is 2.44. The molecule has 0 spiro atoms. The third kappa shape index (κ3) is 37.7. The Morgan fingerprint density at radius 1 is 0.536 bits per heavy atom. The highest BCUT2D eigenvalue weighted by Crippen LogP contribution is 2.25. The number of aliphatic hydroxyl groups is 1. The van der Waals surface area contributed by atoms with Gasteiger partial charge in [0.25, 0.3) is 0 Å². The van der Waals surface area contributed by atoms with Crippen LogP contribution in [0.4, 0.5) is 0 Å². The van der Waals surface area contributed by atoms with Gasteiger partial charge in [-0.15, -0.1) is 0 Å². The number of para-hydroxylation sites is 1. The molecule has 752 valence electrons. The minimum absolute atomic E-state index is 0.00959. The summed E-state index contributed by atoms with van der Waals surface area (Å²) in [6.45, 7) is 21.0. The number of aliphatic hydroxyl groups excluding tert-OH is 1. The number of carbonyl (C=O) groups is 20. The Morgan fingerprint density at radius 3 is 1.67 bits per heavy atom. The minimum Gasteiger partial charge on any atom is -0.508 e. The van der Waals surface area contributed by atoms with Crippen molar-refractivity contribution in [2.45, 2.75) is 302 Å². The number of aromatic hydroxyl groups is 1. The maximum absolute atomic E-state index is 15.5. The second kappa shape index (κ2) is 55.4. The van der Waals surface area contributed by atoms with Crippen molar-refractivity contribution < 1.29 is 111 Å². The van der Waals surface area contributed by atoms with Gasteiger partial charge in [-0.25, -0.2) is 0 Å². The predicted molar refractivity (Wildman–Crippen MR) is 507 cm³/mol. The van der Waals surface area contributed by atoms with E-state index in [1.165, 1.54) is 100 Å². The lowest BCUT2D eigenvalue weighted by atomic mass is 9.89. The Labute approximate surface area is 802 Å². The third-order valence-electron chi connectivity index (χ3n) is 23.2. The van der Waals surface area contributed by atoms with E-state index < -0.39 is 264 Å². The van der Waals surface area contributed by atoms with Crippen molar-refractivity contribution in [2.24, 2.45) is 35.1 Å². The zero-order chi connectivity index (χ0) is 103. The van der Waals surface area contributed by atoms with Crippen LogP contribution in [0.2, 0.25) is 0 Å². The van der Waals surface area contributed by atoms with E-state index in [1.807, 2.05) is 0 Å². The molecule has 4 aromatic rings. The molecule has 23 N–H and O–H groups in total. The molecule has 5 rings (SSSR count). The number of primary amides is 2. The molecular formula is C97H136N18O23. The maximum atomic E-state index is 15.5. The van der Waals surface area contributed by atoms with E-state index in [9.17, 15) is 82.4 Å². The molecule has 3 aromatic carbocycles. The molecule has 15 amide bonds. The molecule has 0 radical (unpaired) electrons. The van der Waals surface area contributed by atoms with Crippen LogP contribution in [-0.2, 0) is 115 Å². The first-order chi connectivity index (χ1) is 64.8.